The van der Waals surface area contributed by atoms with Gasteiger partial charge < -0.3 is 10.6 Å². The van der Waals surface area contributed by atoms with Crippen molar-refractivity contribution in [3.8, 4) is 12.3 Å². The second-order valence-electron chi connectivity index (χ2n) is 3.10. The molecule has 0 bridgehead atoms. The number of halogens is 1. The van der Waals surface area contributed by atoms with Crippen molar-refractivity contribution in [2.45, 2.75) is 0 Å². The van der Waals surface area contributed by atoms with Gasteiger partial charge in [0, 0.05) is 12.7 Å². The molecule has 0 atom stereocenters. The number of carbonyl (C=O) groups is 1. The van der Waals surface area contributed by atoms with Gasteiger partial charge in [-0.1, -0.05) is 5.92 Å². The molecular weight excluding hydrogens is 195 g/mol. The molecule has 1 rings (SSSR count). The molecule has 15 heavy (non-hydrogen) atoms. The summed E-state index contributed by atoms with van der Waals surface area (Å²) < 4.78 is 12.7. The number of hydrogen-bond donors (Lipinski definition) is 1. The Morgan fingerprint density at radius 3 is 2.87 bits per heavy atom. The summed E-state index contributed by atoms with van der Waals surface area (Å²) in [6, 6.07) is 3.64. The first-order valence-electron chi connectivity index (χ1n) is 4.30. The molecule has 0 aliphatic heterocycles. The molecule has 0 unspecified atom stereocenters. The van der Waals surface area contributed by atoms with Crippen LogP contribution in [0.4, 0.5) is 10.1 Å². The summed E-state index contributed by atoms with van der Waals surface area (Å²) in [6.45, 7) is 0.190. The number of amides is 1. The van der Waals surface area contributed by atoms with Gasteiger partial charge in [-0.3, -0.25) is 4.79 Å². The summed E-state index contributed by atoms with van der Waals surface area (Å²) in [7, 11) is 1.56. The number of hydrogen-bond acceptors (Lipinski definition) is 2. The van der Waals surface area contributed by atoms with Crippen LogP contribution in [0.1, 0.15) is 10.4 Å². The zero-order valence-corrected chi connectivity index (χ0v) is 8.33. The predicted molar refractivity (Wildman–Crippen MR) is 56.6 cm³/mol. The van der Waals surface area contributed by atoms with E-state index in [1.807, 2.05) is 0 Å². The van der Waals surface area contributed by atoms with Crippen LogP contribution in [0, 0.1) is 18.2 Å². The number of carbonyl (C=O) groups excluding carboxylic acids is 1. The highest BCUT2D eigenvalue weighted by Crippen LogP contribution is 2.14. The molecule has 4 heteroatoms. The zero-order valence-electron chi connectivity index (χ0n) is 8.33. The number of anilines is 1. The third-order valence-corrected chi connectivity index (χ3v) is 1.92. The highest BCUT2D eigenvalue weighted by molar-refractivity contribution is 5.99. The molecule has 0 aromatic heterocycles. The maximum Gasteiger partial charge on any atom is 0.256 e. The molecule has 1 amide bonds. The fraction of sp³-hybridized carbons (Fsp3) is 0.182. The standard InChI is InChI=1S/C11H11FN2O/c1-3-6-14(2)11(15)9-5-4-8(12)7-10(9)13/h1,4-5,7H,6,13H2,2H3. The molecule has 0 fully saturated rings. The monoisotopic (exact) mass is 206 g/mol. The number of benzene rings is 1. The summed E-state index contributed by atoms with van der Waals surface area (Å²) in [6.07, 6.45) is 5.07. The minimum Gasteiger partial charge on any atom is -0.398 e. The van der Waals surface area contributed by atoms with Gasteiger partial charge in [-0.15, -0.1) is 6.42 Å². The SMILES string of the molecule is C#CCN(C)C(=O)c1ccc(F)cc1N. The van der Waals surface area contributed by atoms with E-state index in [4.69, 9.17) is 12.2 Å². The van der Waals surface area contributed by atoms with Crippen LogP contribution in [0.2, 0.25) is 0 Å². The average molecular weight is 206 g/mol. The Morgan fingerprint density at radius 2 is 2.33 bits per heavy atom. The average Bonchev–Trinajstić information content (AvgIpc) is 2.17. The number of terminal acetylenes is 1. The van der Waals surface area contributed by atoms with Gasteiger partial charge in [0.2, 0.25) is 0 Å². The van der Waals surface area contributed by atoms with E-state index in [0.717, 1.165) is 6.07 Å². The fourth-order valence-corrected chi connectivity index (χ4v) is 1.14. The van der Waals surface area contributed by atoms with Crippen molar-refractivity contribution in [3.63, 3.8) is 0 Å². The Bertz CT molecular complexity index is 423. The van der Waals surface area contributed by atoms with Gasteiger partial charge in [0.25, 0.3) is 5.91 Å². The van der Waals surface area contributed by atoms with Crippen LogP contribution in [-0.4, -0.2) is 24.4 Å². The molecule has 0 aliphatic carbocycles. The van der Waals surface area contributed by atoms with Crippen LogP contribution in [0.25, 0.3) is 0 Å². The molecule has 3 nitrogen and oxygen atoms in total. The number of nitrogens with zero attached hydrogens (tertiary/aromatic N) is 1. The van der Waals surface area contributed by atoms with Gasteiger partial charge in [0.1, 0.15) is 5.82 Å². The van der Waals surface area contributed by atoms with Crippen molar-refractivity contribution >= 4 is 11.6 Å². The minimum absolute atomic E-state index is 0.115. The van der Waals surface area contributed by atoms with Gasteiger partial charge in [0.15, 0.2) is 0 Å². The Hall–Kier alpha value is -2.02. The molecule has 78 valence electrons. The van der Waals surface area contributed by atoms with Gasteiger partial charge in [0.05, 0.1) is 12.1 Å². The quantitative estimate of drug-likeness (QED) is 0.582. The smallest absolute Gasteiger partial charge is 0.256 e. The van der Waals surface area contributed by atoms with Crippen LogP contribution in [0.3, 0.4) is 0 Å². The van der Waals surface area contributed by atoms with Crippen LogP contribution >= 0.6 is 0 Å². The van der Waals surface area contributed by atoms with Gasteiger partial charge >= 0.3 is 0 Å². The fourth-order valence-electron chi connectivity index (χ4n) is 1.14. The Kier molecular flexibility index (Phi) is 3.29. The lowest BCUT2D eigenvalue weighted by Crippen LogP contribution is -2.27. The van der Waals surface area contributed by atoms with E-state index in [9.17, 15) is 9.18 Å². The normalized spacial score (nSPS) is 9.40. The van der Waals surface area contributed by atoms with E-state index >= 15 is 0 Å². The summed E-state index contributed by atoms with van der Waals surface area (Å²) in [5.74, 6) is 1.56. The molecule has 2 N–H and O–H groups in total. The van der Waals surface area contributed by atoms with E-state index in [1.54, 1.807) is 7.05 Å². The third-order valence-electron chi connectivity index (χ3n) is 1.92. The second kappa shape index (κ2) is 4.47. The van der Waals surface area contributed by atoms with E-state index in [2.05, 4.69) is 5.92 Å². The lowest BCUT2D eigenvalue weighted by atomic mass is 10.1. The highest BCUT2D eigenvalue weighted by atomic mass is 19.1. The van der Waals surface area contributed by atoms with Crippen molar-refractivity contribution in [1.29, 1.82) is 0 Å². The Balaban J connectivity index is 2.97. The van der Waals surface area contributed by atoms with E-state index in [1.165, 1.54) is 17.0 Å². The molecule has 0 aliphatic rings. The van der Waals surface area contributed by atoms with Crippen LogP contribution in [0.5, 0.6) is 0 Å². The van der Waals surface area contributed by atoms with Crippen molar-refractivity contribution in [2.24, 2.45) is 0 Å². The number of rotatable bonds is 2. The van der Waals surface area contributed by atoms with Crippen LogP contribution in [0.15, 0.2) is 18.2 Å². The first-order chi connectivity index (χ1) is 7.06. The molecule has 0 spiro atoms. The topological polar surface area (TPSA) is 46.3 Å². The second-order valence-corrected chi connectivity index (χ2v) is 3.10. The van der Waals surface area contributed by atoms with Crippen molar-refractivity contribution in [3.05, 3.63) is 29.6 Å². The first-order valence-corrected chi connectivity index (χ1v) is 4.30. The minimum atomic E-state index is -0.469. The lowest BCUT2D eigenvalue weighted by Gasteiger charge is -2.14. The molecule has 1 aromatic rings. The zero-order chi connectivity index (χ0) is 11.4. The van der Waals surface area contributed by atoms with Gasteiger partial charge in [-0.25, -0.2) is 4.39 Å². The van der Waals surface area contributed by atoms with Crippen molar-refractivity contribution in [1.82, 2.24) is 4.90 Å². The predicted octanol–water partition coefficient (Wildman–Crippen LogP) is 1.11. The molecule has 0 saturated carbocycles. The van der Waals surface area contributed by atoms with Crippen molar-refractivity contribution in [2.75, 3.05) is 19.3 Å². The molecule has 0 saturated heterocycles. The highest BCUT2D eigenvalue weighted by Gasteiger charge is 2.13. The van der Waals surface area contributed by atoms with E-state index in [-0.39, 0.29) is 23.7 Å². The van der Waals surface area contributed by atoms with E-state index < -0.39 is 5.82 Å². The number of nitrogen functional groups attached to an aromatic ring is 1. The summed E-state index contributed by atoms with van der Waals surface area (Å²) in [4.78, 5) is 13.0. The van der Waals surface area contributed by atoms with Crippen LogP contribution in [-0.2, 0) is 0 Å². The lowest BCUT2D eigenvalue weighted by molar-refractivity contribution is 0.0813. The molecular formula is C11H11FN2O. The maximum absolute atomic E-state index is 12.7. The largest absolute Gasteiger partial charge is 0.398 e. The summed E-state index contributed by atoms with van der Waals surface area (Å²) in [5, 5.41) is 0. The third kappa shape index (κ3) is 2.47. The summed E-state index contributed by atoms with van der Waals surface area (Å²) >= 11 is 0. The number of nitrogens with two attached hydrogens (primary N) is 1. The Morgan fingerprint density at radius 1 is 1.67 bits per heavy atom. The summed E-state index contributed by atoms with van der Waals surface area (Å²) in [5.41, 5.74) is 5.89. The first kappa shape index (κ1) is 11.1. The van der Waals surface area contributed by atoms with Gasteiger partial charge in [-0.2, -0.15) is 0 Å². The van der Waals surface area contributed by atoms with Crippen molar-refractivity contribution < 1.29 is 9.18 Å². The Labute approximate surface area is 87.7 Å². The molecule has 1 aromatic carbocycles. The molecule has 0 heterocycles. The van der Waals surface area contributed by atoms with Crippen LogP contribution < -0.4 is 5.73 Å². The maximum atomic E-state index is 12.7. The molecule has 0 radical (unpaired) electrons. The van der Waals surface area contributed by atoms with E-state index in [0.29, 0.717) is 0 Å². The van der Waals surface area contributed by atoms with Gasteiger partial charge in [-0.05, 0) is 18.2 Å².